The fourth-order valence-electron chi connectivity index (χ4n) is 4.19. The summed E-state index contributed by atoms with van der Waals surface area (Å²) >= 11 is 12.2. The fraction of sp³-hybridized carbons (Fsp3) is 0.409. The van der Waals surface area contributed by atoms with Crippen molar-refractivity contribution >= 4 is 35.3 Å². The summed E-state index contributed by atoms with van der Waals surface area (Å²) in [5, 5.41) is 6.98. The number of benzene rings is 2. The molecule has 6 heteroatoms. The topological polar surface area (TPSA) is 41.1 Å². The normalized spacial score (nSPS) is 22.3. The minimum Gasteiger partial charge on any atom is -0.328 e. The summed E-state index contributed by atoms with van der Waals surface area (Å²) in [6.07, 6.45) is 1.50. The predicted octanol–water partition coefficient (Wildman–Crippen LogP) is 5.98. The molecule has 3 atom stereocenters. The van der Waals surface area contributed by atoms with Crippen molar-refractivity contribution in [2.45, 2.75) is 45.1 Å². The van der Waals surface area contributed by atoms with Crippen LogP contribution >= 0.6 is 23.2 Å². The van der Waals surface area contributed by atoms with Crippen molar-refractivity contribution < 1.29 is 9.18 Å². The van der Waals surface area contributed by atoms with Crippen LogP contribution in [0.15, 0.2) is 36.4 Å². The number of hydrogen-bond acceptors (Lipinski definition) is 2. The molecule has 3 nitrogen and oxygen atoms in total. The van der Waals surface area contributed by atoms with E-state index in [0.717, 1.165) is 24.1 Å². The maximum atomic E-state index is 14.4. The molecule has 2 aromatic rings. The van der Waals surface area contributed by atoms with Gasteiger partial charge in [0.05, 0.1) is 5.02 Å². The van der Waals surface area contributed by atoms with Gasteiger partial charge in [0.25, 0.3) is 0 Å². The smallest absolute Gasteiger partial charge is 0.211 e. The van der Waals surface area contributed by atoms with Crippen LogP contribution in [0.2, 0.25) is 10.0 Å². The van der Waals surface area contributed by atoms with Gasteiger partial charge in [-0.15, -0.1) is 0 Å². The van der Waals surface area contributed by atoms with E-state index in [1.807, 2.05) is 24.3 Å². The average Bonchev–Trinajstić information content (AvgIpc) is 2.99. The summed E-state index contributed by atoms with van der Waals surface area (Å²) in [5.74, 6) is -0.426. The van der Waals surface area contributed by atoms with Crippen LogP contribution in [-0.2, 0) is 4.79 Å². The Morgan fingerprint density at radius 2 is 2.00 bits per heavy atom. The first-order valence-electron chi connectivity index (χ1n) is 9.37. The molecule has 3 rings (SSSR count). The molecule has 1 saturated heterocycles. The van der Waals surface area contributed by atoms with E-state index in [4.69, 9.17) is 23.2 Å². The number of nitrogens with one attached hydrogen (secondary N) is 2. The maximum Gasteiger partial charge on any atom is 0.211 e. The van der Waals surface area contributed by atoms with Crippen molar-refractivity contribution in [1.29, 1.82) is 0 Å². The Kier molecular flexibility index (Phi) is 6.33. The van der Waals surface area contributed by atoms with E-state index in [0.29, 0.717) is 17.1 Å². The molecule has 1 aliphatic heterocycles. The van der Waals surface area contributed by atoms with Crippen LogP contribution in [0, 0.1) is 11.2 Å². The zero-order valence-electron chi connectivity index (χ0n) is 16.2. The van der Waals surface area contributed by atoms with Gasteiger partial charge in [0.2, 0.25) is 6.41 Å². The van der Waals surface area contributed by atoms with Crippen LogP contribution in [0.1, 0.15) is 50.2 Å². The minimum atomic E-state index is -0.487. The highest BCUT2D eigenvalue weighted by Gasteiger charge is 2.40. The summed E-state index contributed by atoms with van der Waals surface area (Å²) in [6, 6.07) is 10.8. The predicted molar refractivity (Wildman–Crippen MR) is 114 cm³/mol. The zero-order chi connectivity index (χ0) is 20.5. The lowest BCUT2D eigenvalue weighted by Gasteiger charge is -2.31. The van der Waals surface area contributed by atoms with Gasteiger partial charge in [-0.05, 0) is 47.2 Å². The average molecular weight is 423 g/mol. The second-order valence-corrected chi connectivity index (χ2v) is 9.43. The number of carbonyl (C=O) groups is 1. The molecule has 0 bridgehead atoms. The van der Waals surface area contributed by atoms with Gasteiger partial charge in [-0.1, -0.05) is 56.1 Å². The molecule has 28 heavy (non-hydrogen) atoms. The Bertz CT molecular complexity index is 866. The molecule has 0 aromatic heterocycles. The molecule has 1 aliphatic rings. The van der Waals surface area contributed by atoms with E-state index >= 15 is 0 Å². The number of anilines is 1. The molecular weight excluding hydrogens is 398 g/mol. The molecule has 1 amide bonds. The Morgan fingerprint density at radius 3 is 2.64 bits per heavy atom. The first-order chi connectivity index (χ1) is 13.2. The molecule has 2 aromatic carbocycles. The van der Waals surface area contributed by atoms with Crippen LogP contribution in [0.25, 0.3) is 0 Å². The molecule has 2 N–H and O–H groups in total. The summed E-state index contributed by atoms with van der Waals surface area (Å²) in [4.78, 5) is 11.2. The Labute approximate surface area is 175 Å². The summed E-state index contributed by atoms with van der Waals surface area (Å²) in [5.41, 5.74) is 2.47. The van der Waals surface area contributed by atoms with Gasteiger partial charge in [0, 0.05) is 35.1 Å². The Morgan fingerprint density at radius 1 is 1.25 bits per heavy atom. The summed E-state index contributed by atoms with van der Waals surface area (Å²) in [7, 11) is 0. The van der Waals surface area contributed by atoms with E-state index in [1.165, 1.54) is 12.1 Å². The van der Waals surface area contributed by atoms with Crippen molar-refractivity contribution in [1.82, 2.24) is 5.32 Å². The Hall–Kier alpha value is -1.62. The second-order valence-electron chi connectivity index (χ2n) is 8.58. The molecule has 0 saturated carbocycles. The number of halogens is 3. The van der Waals surface area contributed by atoms with E-state index in [2.05, 4.69) is 31.4 Å². The van der Waals surface area contributed by atoms with E-state index in [-0.39, 0.29) is 28.3 Å². The SMILES string of the molecule is CC(C)(C)C[C@H]1NC[C@H](c2cccc(Cl)c2)[C@@H]1c1cc(F)c(Cl)cc1NC=O. The standard InChI is InChI=1S/C22H25Cl2FN2O/c1-22(2,3)10-20-21(15-8-18(25)17(24)9-19(15)27-12-28)16(11-26-20)13-5-4-6-14(23)7-13/h4-9,12,16,20-21,26H,10-11H2,1-3H3,(H,27,28)/t16-,20-,21+/m1/s1. The third kappa shape index (κ3) is 4.68. The van der Waals surface area contributed by atoms with Crippen LogP contribution in [0.4, 0.5) is 10.1 Å². The quantitative estimate of drug-likeness (QED) is 0.582. The molecule has 0 unspecified atom stereocenters. The zero-order valence-corrected chi connectivity index (χ0v) is 17.7. The molecule has 0 radical (unpaired) electrons. The third-order valence-corrected chi connectivity index (χ3v) is 5.77. The summed E-state index contributed by atoms with van der Waals surface area (Å²) in [6.45, 7) is 7.30. The molecule has 150 valence electrons. The lowest BCUT2D eigenvalue weighted by Crippen LogP contribution is -2.31. The number of carbonyl (C=O) groups excluding carboxylic acids is 1. The highest BCUT2D eigenvalue weighted by atomic mass is 35.5. The van der Waals surface area contributed by atoms with Crippen molar-refractivity contribution in [3.63, 3.8) is 0 Å². The van der Waals surface area contributed by atoms with Gasteiger partial charge >= 0.3 is 0 Å². The van der Waals surface area contributed by atoms with Gasteiger partial charge < -0.3 is 10.6 Å². The van der Waals surface area contributed by atoms with Crippen molar-refractivity contribution in [2.75, 3.05) is 11.9 Å². The highest BCUT2D eigenvalue weighted by molar-refractivity contribution is 6.31. The maximum absolute atomic E-state index is 14.4. The highest BCUT2D eigenvalue weighted by Crippen LogP contribution is 2.46. The van der Waals surface area contributed by atoms with Crippen molar-refractivity contribution in [3.8, 4) is 0 Å². The number of amides is 1. The second kappa shape index (κ2) is 8.40. The Balaban J connectivity index is 2.11. The summed E-state index contributed by atoms with van der Waals surface area (Å²) < 4.78 is 14.4. The molecule has 1 fully saturated rings. The largest absolute Gasteiger partial charge is 0.328 e. The van der Waals surface area contributed by atoms with Gasteiger partial charge in [-0.25, -0.2) is 4.39 Å². The third-order valence-electron chi connectivity index (χ3n) is 5.24. The van der Waals surface area contributed by atoms with Gasteiger partial charge in [-0.3, -0.25) is 4.79 Å². The molecule has 0 aliphatic carbocycles. The first kappa shape index (κ1) is 21.1. The molecule has 1 heterocycles. The van der Waals surface area contributed by atoms with Crippen molar-refractivity contribution in [3.05, 3.63) is 63.4 Å². The fourth-order valence-corrected chi connectivity index (χ4v) is 4.56. The number of hydrogen-bond donors (Lipinski definition) is 2. The van der Waals surface area contributed by atoms with E-state index in [9.17, 15) is 9.18 Å². The van der Waals surface area contributed by atoms with Gasteiger partial charge in [0.1, 0.15) is 5.82 Å². The van der Waals surface area contributed by atoms with Crippen LogP contribution in [-0.4, -0.2) is 19.0 Å². The lowest BCUT2D eigenvalue weighted by molar-refractivity contribution is -0.105. The monoisotopic (exact) mass is 422 g/mol. The van der Waals surface area contributed by atoms with E-state index in [1.54, 1.807) is 0 Å². The first-order valence-corrected chi connectivity index (χ1v) is 10.1. The van der Waals surface area contributed by atoms with Crippen LogP contribution < -0.4 is 10.6 Å². The minimum absolute atomic E-state index is 0.00858. The number of rotatable bonds is 5. The molecule has 0 spiro atoms. The van der Waals surface area contributed by atoms with Gasteiger partial charge in [0.15, 0.2) is 0 Å². The van der Waals surface area contributed by atoms with Crippen LogP contribution in [0.3, 0.4) is 0 Å². The van der Waals surface area contributed by atoms with Crippen LogP contribution in [0.5, 0.6) is 0 Å². The lowest BCUT2D eigenvalue weighted by atomic mass is 9.75. The van der Waals surface area contributed by atoms with E-state index < -0.39 is 5.82 Å². The molecular formula is C22H25Cl2FN2O. The van der Waals surface area contributed by atoms with Crippen molar-refractivity contribution in [2.24, 2.45) is 5.41 Å². The van der Waals surface area contributed by atoms with Gasteiger partial charge in [-0.2, -0.15) is 0 Å².